The predicted octanol–water partition coefficient (Wildman–Crippen LogP) is 3.06. The van der Waals surface area contributed by atoms with Crippen molar-refractivity contribution in [2.45, 2.75) is 70.6 Å². The standard InChI is InChI=1S/C23H31N3O4/c1-16(2)19(25-20(27)18-11-7-5-8-12-18)22(29)30-17(3)21(28)26(4)23(15-24)13-9-6-10-14-23/h5,7-8,11-12,16-17,19H,6,9-10,13-14H2,1-4H3,(H,25,27). The van der Waals surface area contributed by atoms with E-state index in [1.165, 1.54) is 11.8 Å². The maximum atomic E-state index is 12.9. The van der Waals surface area contributed by atoms with Crippen molar-refractivity contribution in [3.63, 3.8) is 0 Å². The summed E-state index contributed by atoms with van der Waals surface area (Å²) >= 11 is 0. The fraction of sp³-hybridized carbons (Fsp3) is 0.565. The molecule has 7 nitrogen and oxygen atoms in total. The van der Waals surface area contributed by atoms with Crippen LogP contribution in [0.3, 0.4) is 0 Å². The number of likely N-dealkylation sites (N-methyl/N-ethyl adjacent to an activating group) is 1. The van der Waals surface area contributed by atoms with Gasteiger partial charge in [-0.3, -0.25) is 9.59 Å². The number of esters is 1. The Morgan fingerprint density at radius 2 is 1.70 bits per heavy atom. The number of hydrogen-bond donors (Lipinski definition) is 1. The molecule has 1 aromatic rings. The molecule has 0 aliphatic heterocycles. The summed E-state index contributed by atoms with van der Waals surface area (Å²) in [4.78, 5) is 39.5. The Labute approximate surface area is 178 Å². The molecule has 30 heavy (non-hydrogen) atoms. The number of carbonyl (C=O) groups is 3. The smallest absolute Gasteiger partial charge is 0.329 e. The van der Waals surface area contributed by atoms with E-state index in [9.17, 15) is 19.6 Å². The van der Waals surface area contributed by atoms with E-state index in [-0.39, 0.29) is 11.8 Å². The first kappa shape index (κ1) is 23.4. The third kappa shape index (κ3) is 5.38. The normalized spacial score (nSPS) is 17.3. The highest BCUT2D eigenvalue weighted by Gasteiger charge is 2.41. The summed E-state index contributed by atoms with van der Waals surface area (Å²) in [6.07, 6.45) is 3.01. The van der Waals surface area contributed by atoms with Gasteiger partial charge < -0.3 is 15.0 Å². The first-order valence-corrected chi connectivity index (χ1v) is 10.5. The van der Waals surface area contributed by atoms with E-state index in [2.05, 4.69) is 11.4 Å². The largest absolute Gasteiger partial charge is 0.451 e. The van der Waals surface area contributed by atoms with Crippen molar-refractivity contribution in [2.75, 3.05) is 7.05 Å². The first-order chi connectivity index (χ1) is 14.2. The number of nitrogens with one attached hydrogen (secondary N) is 1. The molecular formula is C23H31N3O4. The molecule has 1 aromatic carbocycles. The number of ether oxygens (including phenoxy) is 1. The molecule has 0 saturated heterocycles. The third-order valence-corrected chi connectivity index (χ3v) is 5.75. The maximum Gasteiger partial charge on any atom is 0.329 e. The van der Waals surface area contributed by atoms with E-state index in [4.69, 9.17) is 4.74 Å². The summed E-state index contributed by atoms with van der Waals surface area (Å²) in [6.45, 7) is 5.09. The van der Waals surface area contributed by atoms with Gasteiger partial charge in [0.05, 0.1) is 6.07 Å². The lowest BCUT2D eigenvalue weighted by molar-refractivity contribution is -0.163. The Morgan fingerprint density at radius 3 is 2.23 bits per heavy atom. The number of rotatable bonds is 7. The molecule has 162 valence electrons. The summed E-state index contributed by atoms with van der Waals surface area (Å²) in [5.74, 6) is -1.69. The molecule has 2 rings (SSSR count). The van der Waals surface area contributed by atoms with Crippen LogP contribution in [0.5, 0.6) is 0 Å². The minimum Gasteiger partial charge on any atom is -0.451 e. The van der Waals surface area contributed by atoms with Crippen molar-refractivity contribution in [2.24, 2.45) is 5.92 Å². The Morgan fingerprint density at radius 1 is 1.10 bits per heavy atom. The van der Waals surface area contributed by atoms with Crippen molar-refractivity contribution in [3.8, 4) is 6.07 Å². The molecule has 2 amide bonds. The molecular weight excluding hydrogens is 382 g/mol. The van der Waals surface area contributed by atoms with Gasteiger partial charge in [-0.2, -0.15) is 5.26 Å². The molecule has 7 heteroatoms. The van der Waals surface area contributed by atoms with E-state index in [0.29, 0.717) is 18.4 Å². The van der Waals surface area contributed by atoms with Gasteiger partial charge >= 0.3 is 5.97 Å². The summed E-state index contributed by atoms with van der Waals surface area (Å²) in [5.41, 5.74) is -0.414. The van der Waals surface area contributed by atoms with E-state index in [1.807, 2.05) is 0 Å². The lowest BCUT2D eigenvalue weighted by Crippen LogP contribution is -2.54. The Bertz CT molecular complexity index is 794. The topological polar surface area (TPSA) is 99.5 Å². The van der Waals surface area contributed by atoms with Gasteiger partial charge in [0.15, 0.2) is 6.10 Å². The number of benzene rings is 1. The van der Waals surface area contributed by atoms with Crippen LogP contribution in [0.1, 0.15) is 63.2 Å². The molecule has 1 N–H and O–H groups in total. The highest BCUT2D eigenvalue weighted by molar-refractivity contribution is 5.97. The zero-order chi connectivity index (χ0) is 22.3. The molecule has 2 atom stereocenters. The van der Waals surface area contributed by atoms with Crippen LogP contribution < -0.4 is 5.32 Å². The van der Waals surface area contributed by atoms with Crippen molar-refractivity contribution < 1.29 is 19.1 Å². The molecule has 1 aliphatic carbocycles. The third-order valence-electron chi connectivity index (χ3n) is 5.75. The van der Waals surface area contributed by atoms with Crippen molar-refractivity contribution >= 4 is 17.8 Å². The number of nitriles is 1. The molecule has 0 spiro atoms. The van der Waals surface area contributed by atoms with Crippen LogP contribution in [0.2, 0.25) is 0 Å². The minimum absolute atomic E-state index is 0.228. The van der Waals surface area contributed by atoms with Gasteiger partial charge in [-0.25, -0.2) is 4.79 Å². The van der Waals surface area contributed by atoms with E-state index in [1.54, 1.807) is 51.2 Å². The van der Waals surface area contributed by atoms with Crippen LogP contribution in [0.4, 0.5) is 0 Å². The highest BCUT2D eigenvalue weighted by Crippen LogP contribution is 2.33. The van der Waals surface area contributed by atoms with E-state index < -0.39 is 29.6 Å². The number of hydrogen-bond acceptors (Lipinski definition) is 5. The quantitative estimate of drug-likeness (QED) is 0.693. The lowest BCUT2D eigenvalue weighted by Gasteiger charge is -2.40. The maximum absolute atomic E-state index is 12.9. The van der Waals surface area contributed by atoms with Crippen LogP contribution in [0, 0.1) is 17.2 Å². The molecule has 1 fully saturated rings. The molecule has 0 radical (unpaired) electrons. The van der Waals surface area contributed by atoms with Crippen molar-refractivity contribution in [1.82, 2.24) is 10.2 Å². The highest BCUT2D eigenvalue weighted by atomic mass is 16.5. The number of amides is 2. The minimum atomic E-state index is -1.05. The van der Waals surface area contributed by atoms with E-state index >= 15 is 0 Å². The first-order valence-electron chi connectivity index (χ1n) is 10.5. The second kappa shape index (κ2) is 10.2. The molecule has 1 saturated carbocycles. The summed E-state index contributed by atoms with van der Waals surface area (Å²) in [5, 5.41) is 12.4. The fourth-order valence-electron chi connectivity index (χ4n) is 3.75. The van der Waals surface area contributed by atoms with Gasteiger partial charge in [0.2, 0.25) is 0 Å². The average Bonchev–Trinajstić information content (AvgIpc) is 2.76. The van der Waals surface area contributed by atoms with Crippen LogP contribution in [-0.2, 0) is 14.3 Å². The second-order valence-corrected chi connectivity index (χ2v) is 8.24. The summed E-state index contributed by atoms with van der Waals surface area (Å²) < 4.78 is 5.42. The van der Waals surface area contributed by atoms with E-state index in [0.717, 1.165) is 19.3 Å². The molecule has 2 unspecified atom stereocenters. The predicted molar refractivity (Wildman–Crippen MR) is 112 cm³/mol. The zero-order valence-electron chi connectivity index (χ0n) is 18.2. The van der Waals surface area contributed by atoms with Gasteiger partial charge in [0.25, 0.3) is 11.8 Å². The lowest BCUT2D eigenvalue weighted by atomic mass is 9.81. The van der Waals surface area contributed by atoms with Crippen LogP contribution >= 0.6 is 0 Å². The Balaban J connectivity index is 2.05. The Hall–Kier alpha value is -2.88. The van der Waals surface area contributed by atoms with Gasteiger partial charge in [-0.05, 0) is 37.8 Å². The second-order valence-electron chi connectivity index (χ2n) is 8.24. The van der Waals surface area contributed by atoms with Gasteiger partial charge in [-0.15, -0.1) is 0 Å². The molecule has 1 aliphatic rings. The van der Waals surface area contributed by atoms with Crippen LogP contribution in [0.25, 0.3) is 0 Å². The van der Waals surface area contributed by atoms with Gasteiger partial charge in [-0.1, -0.05) is 51.3 Å². The summed E-state index contributed by atoms with van der Waals surface area (Å²) in [6, 6.07) is 10.0. The monoisotopic (exact) mass is 413 g/mol. The SMILES string of the molecule is CC(OC(=O)C(NC(=O)c1ccccc1)C(C)C)C(=O)N(C)C1(C#N)CCCCC1. The van der Waals surface area contributed by atoms with Gasteiger partial charge in [0, 0.05) is 12.6 Å². The van der Waals surface area contributed by atoms with Crippen LogP contribution in [-0.4, -0.2) is 47.4 Å². The Kier molecular flexibility index (Phi) is 7.99. The van der Waals surface area contributed by atoms with Crippen molar-refractivity contribution in [1.29, 1.82) is 5.26 Å². The number of carbonyl (C=O) groups excluding carboxylic acids is 3. The van der Waals surface area contributed by atoms with Crippen LogP contribution in [0.15, 0.2) is 30.3 Å². The number of nitrogens with zero attached hydrogens (tertiary/aromatic N) is 2. The summed E-state index contributed by atoms with van der Waals surface area (Å²) in [7, 11) is 1.60. The van der Waals surface area contributed by atoms with Crippen molar-refractivity contribution in [3.05, 3.63) is 35.9 Å². The van der Waals surface area contributed by atoms with Gasteiger partial charge in [0.1, 0.15) is 11.6 Å². The fourth-order valence-corrected chi connectivity index (χ4v) is 3.75. The molecule has 0 heterocycles. The molecule has 0 bridgehead atoms. The molecule has 0 aromatic heterocycles. The zero-order valence-corrected chi connectivity index (χ0v) is 18.2. The average molecular weight is 414 g/mol.